The Morgan fingerprint density at radius 3 is 3.00 bits per heavy atom. The number of nitrogens with zero attached hydrogens (tertiary/aromatic N) is 1. The van der Waals surface area contributed by atoms with Crippen molar-refractivity contribution < 1.29 is 14.1 Å². The molecule has 7 heteroatoms. The van der Waals surface area contributed by atoms with Crippen molar-refractivity contribution in [2.75, 3.05) is 25.5 Å². The Bertz CT molecular complexity index is 455. The molecule has 0 aromatic heterocycles. The molecule has 1 aliphatic heterocycles. The molecule has 6 nitrogen and oxygen atoms in total. The summed E-state index contributed by atoms with van der Waals surface area (Å²) in [6, 6.07) is 3.41. The van der Waals surface area contributed by atoms with E-state index < -0.39 is 10.7 Å². The number of nitro benzene ring substituents is 1. The number of hydrogen-bond acceptors (Lipinski definition) is 5. The molecule has 0 saturated carbocycles. The van der Waals surface area contributed by atoms with E-state index in [1.807, 2.05) is 0 Å². The van der Waals surface area contributed by atoms with Crippen LogP contribution in [0.2, 0.25) is 0 Å². The number of rotatable bonds is 4. The highest BCUT2D eigenvalue weighted by Gasteiger charge is 2.28. The maximum absolute atomic E-state index is 13.0. The van der Waals surface area contributed by atoms with Crippen LogP contribution in [0.1, 0.15) is 0 Å². The van der Waals surface area contributed by atoms with Crippen LogP contribution in [0, 0.1) is 15.9 Å². The molecule has 0 spiro atoms. The lowest BCUT2D eigenvalue weighted by atomic mass is 10.2. The number of methoxy groups -OCH3 is 1. The second-order valence-electron chi connectivity index (χ2n) is 4.10. The Hall–Kier alpha value is -1.73. The number of anilines is 1. The Balaban J connectivity index is 2.20. The minimum Gasteiger partial charge on any atom is -0.378 e. The second-order valence-corrected chi connectivity index (χ2v) is 4.10. The van der Waals surface area contributed by atoms with E-state index in [2.05, 4.69) is 10.6 Å². The van der Waals surface area contributed by atoms with Crippen molar-refractivity contribution in [1.82, 2.24) is 5.32 Å². The third-order valence-corrected chi connectivity index (χ3v) is 2.96. The molecule has 1 heterocycles. The molecular formula is C11H14FN3O3. The van der Waals surface area contributed by atoms with Crippen LogP contribution in [0.5, 0.6) is 0 Å². The average molecular weight is 255 g/mol. The summed E-state index contributed by atoms with van der Waals surface area (Å²) >= 11 is 0. The van der Waals surface area contributed by atoms with Gasteiger partial charge in [-0.3, -0.25) is 10.1 Å². The number of nitrogens with one attached hydrogen (secondary N) is 2. The summed E-state index contributed by atoms with van der Waals surface area (Å²) in [6.45, 7) is 1.33. The van der Waals surface area contributed by atoms with E-state index in [4.69, 9.17) is 4.74 Å². The lowest BCUT2D eigenvalue weighted by Crippen LogP contribution is -2.33. The largest absolute Gasteiger partial charge is 0.378 e. The molecule has 1 fully saturated rings. The summed E-state index contributed by atoms with van der Waals surface area (Å²) in [5.41, 5.74) is 0.0360. The molecule has 2 rings (SSSR count). The van der Waals surface area contributed by atoms with Gasteiger partial charge in [-0.25, -0.2) is 4.39 Å². The van der Waals surface area contributed by atoms with E-state index >= 15 is 0 Å². The van der Waals surface area contributed by atoms with Gasteiger partial charge < -0.3 is 15.4 Å². The van der Waals surface area contributed by atoms with Gasteiger partial charge in [0.15, 0.2) is 0 Å². The molecule has 0 amide bonds. The first-order chi connectivity index (χ1) is 8.61. The topological polar surface area (TPSA) is 76.4 Å². The predicted octanol–water partition coefficient (Wildman–Crippen LogP) is 1.13. The lowest BCUT2D eigenvalue weighted by molar-refractivity contribution is -0.384. The highest BCUT2D eigenvalue weighted by Crippen LogP contribution is 2.26. The van der Waals surface area contributed by atoms with Gasteiger partial charge in [0.1, 0.15) is 11.5 Å². The smallest absolute Gasteiger partial charge is 0.295 e. The van der Waals surface area contributed by atoms with Gasteiger partial charge in [0.25, 0.3) is 5.69 Å². The van der Waals surface area contributed by atoms with Crippen molar-refractivity contribution in [3.05, 3.63) is 34.1 Å². The van der Waals surface area contributed by atoms with Crippen LogP contribution in [-0.2, 0) is 4.74 Å². The molecular weight excluding hydrogens is 241 g/mol. The number of nitro groups is 1. The summed E-state index contributed by atoms with van der Waals surface area (Å²) in [5.74, 6) is -0.625. The normalized spacial score (nSPS) is 23.0. The summed E-state index contributed by atoms with van der Waals surface area (Å²) < 4.78 is 18.2. The number of hydrogen-bond donors (Lipinski definition) is 2. The molecule has 2 N–H and O–H groups in total. The second kappa shape index (κ2) is 5.28. The summed E-state index contributed by atoms with van der Waals surface area (Å²) in [4.78, 5) is 10.2. The fourth-order valence-corrected chi connectivity index (χ4v) is 2.02. The van der Waals surface area contributed by atoms with Gasteiger partial charge in [-0.2, -0.15) is 0 Å². The van der Waals surface area contributed by atoms with Gasteiger partial charge in [-0.05, 0) is 12.1 Å². The fraction of sp³-hybridized carbons (Fsp3) is 0.455. The summed E-state index contributed by atoms with van der Waals surface area (Å²) in [5, 5.41) is 17.0. The monoisotopic (exact) mass is 255 g/mol. The molecule has 0 bridgehead atoms. The van der Waals surface area contributed by atoms with Crippen molar-refractivity contribution >= 4 is 11.4 Å². The van der Waals surface area contributed by atoms with Crippen LogP contribution >= 0.6 is 0 Å². The molecule has 1 aromatic carbocycles. The van der Waals surface area contributed by atoms with Crippen LogP contribution in [0.25, 0.3) is 0 Å². The summed E-state index contributed by atoms with van der Waals surface area (Å²) in [7, 11) is 1.59. The molecule has 0 aliphatic carbocycles. The van der Waals surface area contributed by atoms with Gasteiger partial charge >= 0.3 is 0 Å². The SMILES string of the molecule is CO[C@H]1CNCC1Nc1ccc(F)cc1[N+](=O)[O-]. The third kappa shape index (κ3) is 2.57. The zero-order valence-corrected chi connectivity index (χ0v) is 9.85. The standard InChI is InChI=1S/C11H14FN3O3/c1-18-11-6-13-5-9(11)14-8-3-2-7(12)4-10(8)15(16)17/h2-4,9,11,13-14H,5-6H2,1H3/t9?,11-/m0/s1. The van der Waals surface area contributed by atoms with Crippen LogP contribution in [0.3, 0.4) is 0 Å². The minimum atomic E-state index is -0.625. The van der Waals surface area contributed by atoms with E-state index in [9.17, 15) is 14.5 Å². The highest BCUT2D eigenvalue weighted by molar-refractivity contribution is 5.62. The van der Waals surface area contributed by atoms with Gasteiger partial charge in [-0.15, -0.1) is 0 Å². The van der Waals surface area contributed by atoms with Gasteiger partial charge in [0.2, 0.25) is 0 Å². The van der Waals surface area contributed by atoms with Crippen molar-refractivity contribution in [3.8, 4) is 0 Å². The Labute approximate surface area is 103 Å². The molecule has 1 aromatic rings. The zero-order valence-electron chi connectivity index (χ0n) is 9.85. The molecule has 98 valence electrons. The first-order valence-electron chi connectivity index (χ1n) is 5.56. The zero-order chi connectivity index (χ0) is 13.1. The third-order valence-electron chi connectivity index (χ3n) is 2.96. The predicted molar refractivity (Wildman–Crippen MR) is 64.1 cm³/mol. The first kappa shape index (κ1) is 12.7. The van der Waals surface area contributed by atoms with Crippen LogP contribution in [0.4, 0.5) is 15.8 Å². The number of halogens is 1. The van der Waals surface area contributed by atoms with E-state index in [-0.39, 0.29) is 17.8 Å². The van der Waals surface area contributed by atoms with Crippen LogP contribution < -0.4 is 10.6 Å². The molecule has 2 atom stereocenters. The first-order valence-corrected chi connectivity index (χ1v) is 5.56. The maximum Gasteiger partial charge on any atom is 0.295 e. The molecule has 0 radical (unpaired) electrons. The van der Waals surface area contributed by atoms with Crippen molar-refractivity contribution in [1.29, 1.82) is 0 Å². The van der Waals surface area contributed by atoms with E-state index in [0.29, 0.717) is 18.8 Å². The Morgan fingerprint density at radius 1 is 1.56 bits per heavy atom. The van der Waals surface area contributed by atoms with Gasteiger partial charge in [0, 0.05) is 20.2 Å². The Kier molecular flexibility index (Phi) is 3.73. The van der Waals surface area contributed by atoms with E-state index in [1.54, 1.807) is 7.11 Å². The number of ether oxygens (including phenoxy) is 1. The van der Waals surface area contributed by atoms with Crippen molar-refractivity contribution in [2.24, 2.45) is 0 Å². The van der Waals surface area contributed by atoms with Crippen LogP contribution in [-0.4, -0.2) is 37.3 Å². The number of benzene rings is 1. The highest BCUT2D eigenvalue weighted by atomic mass is 19.1. The Morgan fingerprint density at radius 2 is 2.33 bits per heavy atom. The van der Waals surface area contributed by atoms with Gasteiger partial charge in [-0.1, -0.05) is 0 Å². The van der Waals surface area contributed by atoms with E-state index in [1.165, 1.54) is 12.1 Å². The molecule has 18 heavy (non-hydrogen) atoms. The summed E-state index contributed by atoms with van der Waals surface area (Å²) in [6.07, 6.45) is -0.0605. The van der Waals surface area contributed by atoms with Crippen molar-refractivity contribution in [3.63, 3.8) is 0 Å². The average Bonchev–Trinajstić information content (AvgIpc) is 2.78. The van der Waals surface area contributed by atoms with Crippen molar-refractivity contribution in [2.45, 2.75) is 12.1 Å². The molecule has 1 saturated heterocycles. The van der Waals surface area contributed by atoms with Crippen LogP contribution in [0.15, 0.2) is 18.2 Å². The lowest BCUT2D eigenvalue weighted by Gasteiger charge is -2.19. The van der Waals surface area contributed by atoms with E-state index in [0.717, 1.165) is 6.07 Å². The minimum absolute atomic E-state index is 0.0605. The quantitative estimate of drug-likeness (QED) is 0.623. The molecule has 1 unspecified atom stereocenters. The molecule has 1 aliphatic rings. The fourth-order valence-electron chi connectivity index (χ4n) is 2.02. The van der Waals surface area contributed by atoms with Gasteiger partial charge in [0.05, 0.1) is 23.1 Å². The maximum atomic E-state index is 13.0.